The van der Waals surface area contributed by atoms with Crippen LogP contribution in [0.3, 0.4) is 0 Å². The van der Waals surface area contributed by atoms with Gasteiger partial charge in [-0.05, 0) is 51.7 Å². The Morgan fingerprint density at radius 1 is 0.867 bits per heavy atom. The summed E-state index contributed by atoms with van der Waals surface area (Å²) in [6.45, 7) is 9.93. The van der Waals surface area contributed by atoms with Gasteiger partial charge in [-0.2, -0.15) is 0 Å². The first-order chi connectivity index (χ1) is 14.2. The van der Waals surface area contributed by atoms with Crippen molar-refractivity contribution < 1.29 is 14.9 Å². The maximum absolute atomic E-state index is 10.8. The van der Waals surface area contributed by atoms with Gasteiger partial charge in [0.05, 0.1) is 25.4 Å². The number of β-amino-alcohol motifs (C(OH)–C–C–N with tert-alkyl or cyclic N) is 1. The molecule has 4 heteroatoms. The summed E-state index contributed by atoms with van der Waals surface area (Å²) in [6, 6.07) is 20.8. The van der Waals surface area contributed by atoms with Crippen LogP contribution in [0.15, 0.2) is 60.7 Å². The molecule has 0 spiro atoms. The summed E-state index contributed by atoms with van der Waals surface area (Å²) in [5.74, 6) is 0.137. The monoisotopic (exact) mass is 411 g/mol. The average Bonchev–Trinajstić information content (AvgIpc) is 2.68. The summed E-state index contributed by atoms with van der Waals surface area (Å²) in [6.07, 6.45) is 0.561. The predicted molar refractivity (Wildman–Crippen MR) is 122 cm³/mol. The van der Waals surface area contributed by atoms with Crippen LogP contribution in [0.1, 0.15) is 57.6 Å². The normalized spacial score (nSPS) is 20.4. The van der Waals surface area contributed by atoms with Crippen molar-refractivity contribution in [3.05, 3.63) is 71.8 Å². The fourth-order valence-electron chi connectivity index (χ4n) is 5.10. The lowest BCUT2D eigenvalue weighted by Crippen LogP contribution is -2.63. The molecule has 1 aliphatic rings. The van der Waals surface area contributed by atoms with Gasteiger partial charge in [0.15, 0.2) is 0 Å². The molecular formula is C26H37NO3. The Bertz CT molecular complexity index is 718. The SMILES string of the molecule is CC1(C)CC(O)CC(C)(C)N1CC(O)COCC(c1ccccc1)c1ccccc1. The van der Waals surface area contributed by atoms with Crippen molar-refractivity contribution in [2.45, 2.75) is 69.7 Å². The van der Waals surface area contributed by atoms with E-state index in [1.807, 2.05) is 12.1 Å². The molecule has 0 amide bonds. The number of hydrogen-bond acceptors (Lipinski definition) is 4. The number of ether oxygens (including phenoxy) is 1. The van der Waals surface area contributed by atoms with E-state index in [2.05, 4.69) is 81.1 Å². The molecule has 1 heterocycles. The van der Waals surface area contributed by atoms with E-state index < -0.39 is 6.10 Å². The fraction of sp³-hybridized carbons (Fsp3) is 0.538. The standard InChI is InChI=1S/C26H37NO3/c1-25(2)15-22(28)16-26(3,4)27(25)17-23(29)18-30-19-24(20-11-7-5-8-12-20)21-13-9-6-10-14-21/h5-14,22-24,28-29H,15-19H2,1-4H3. The lowest BCUT2D eigenvalue weighted by Gasteiger charge is -2.55. The smallest absolute Gasteiger partial charge is 0.0900 e. The van der Waals surface area contributed by atoms with Crippen molar-refractivity contribution in [1.29, 1.82) is 0 Å². The molecule has 0 aromatic heterocycles. The third kappa shape index (κ3) is 5.70. The zero-order chi connectivity index (χ0) is 21.8. The molecule has 164 valence electrons. The number of aliphatic hydroxyl groups is 2. The van der Waals surface area contributed by atoms with E-state index in [4.69, 9.17) is 4.74 Å². The molecule has 1 unspecified atom stereocenters. The Labute approximate surface area is 181 Å². The van der Waals surface area contributed by atoms with Gasteiger partial charge in [0.2, 0.25) is 0 Å². The van der Waals surface area contributed by atoms with Crippen molar-refractivity contribution in [3.63, 3.8) is 0 Å². The minimum absolute atomic E-state index is 0.137. The Hall–Kier alpha value is -1.72. The van der Waals surface area contributed by atoms with Crippen LogP contribution in [-0.4, -0.2) is 58.2 Å². The molecule has 1 saturated heterocycles. The summed E-state index contributed by atoms with van der Waals surface area (Å²) in [7, 11) is 0. The van der Waals surface area contributed by atoms with Crippen LogP contribution in [0.25, 0.3) is 0 Å². The van der Waals surface area contributed by atoms with Gasteiger partial charge in [-0.1, -0.05) is 60.7 Å². The first-order valence-corrected chi connectivity index (χ1v) is 11.0. The lowest BCUT2D eigenvalue weighted by atomic mass is 9.78. The van der Waals surface area contributed by atoms with E-state index in [-0.39, 0.29) is 23.1 Å². The van der Waals surface area contributed by atoms with Gasteiger partial charge in [0, 0.05) is 23.5 Å². The van der Waals surface area contributed by atoms with Crippen LogP contribution in [-0.2, 0) is 4.74 Å². The highest BCUT2D eigenvalue weighted by Gasteiger charge is 2.45. The van der Waals surface area contributed by atoms with Crippen molar-refractivity contribution >= 4 is 0 Å². The largest absolute Gasteiger partial charge is 0.393 e. The molecule has 0 bridgehead atoms. The number of hydrogen-bond donors (Lipinski definition) is 2. The number of benzene rings is 2. The highest BCUT2D eigenvalue weighted by atomic mass is 16.5. The Balaban J connectivity index is 1.61. The molecule has 1 aliphatic heterocycles. The van der Waals surface area contributed by atoms with Gasteiger partial charge >= 0.3 is 0 Å². The van der Waals surface area contributed by atoms with Crippen LogP contribution < -0.4 is 0 Å². The zero-order valence-electron chi connectivity index (χ0n) is 18.8. The lowest BCUT2D eigenvalue weighted by molar-refractivity contribution is -0.105. The first-order valence-electron chi connectivity index (χ1n) is 11.0. The van der Waals surface area contributed by atoms with Crippen molar-refractivity contribution in [2.75, 3.05) is 19.8 Å². The van der Waals surface area contributed by atoms with E-state index in [1.165, 1.54) is 11.1 Å². The van der Waals surface area contributed by atoms with E-state index in [9.17, 15) is 10.2 Å². The third-order valence-corrected chi connectivity index (χ3v) is 6.32. The van der Waals surface area contributed by atoms with Gasteiger partial charge < -0.3 is 14.9 Å². The quantitative estimate of drug-likeness (QED) is 0.683. The van der Waals surface area contributed by atoms with Gasteiger partial charge in [0.1, 0.15) is 0 Å². The van der Waals surface area contributed by atoms with Gasteiger partial charge in [-0.3, -0.25) is 4.90 Å². The third-order valence-electron chi connectivity index (χ3n) is 6.32. The van der Waals surface area contributed by atoms with Crippen LogP contribution in [0.4, 0.5) is 0 Å². The van der Waals surface area contributed by atoms with E-state index in [1.54, 1.807) is 0 Å². The molecule has 0 aliphatic carbocycles. The summed E-state index contributed by atoms with van der Waals surface area (Å²) in [4.78, 5) is 2.33. The highest BCUT2D eigenvalue weighted by molar-refractivity contribution is 5.32. The molecule has 1 atom stereocenters. The van der Waals surface area contributed by atoms with Crippen LogP contribution in [0.5, 0.6) is 0 Å². The summed E-state index contributed by atoms with van der Waals surface area (Å²) in [5.41, 5.74) is 2.09. The van der Waals surface area contributed by atoms with Crippen molar-refractivity contribution in [3.8, 4) is 0 Å². The van der Waals surface area contributed by atoms with Gasteiger partial charge in [-0.15, -0.1) is 0 Å². The van der Waals surface area contributed by atoms with E-state index >= 15 is 0 Å². The fourth-order valence-corrected chi connectivity index (χ4v) is 5.10. The molecule has 0 saturated carbocycles. The molecular weight excluding hydrogens is 374 g/mol. The Kier molecular flexibility index (Phi) is 7.35. The number of rotatable bonds is 8. The predicted octanol–water partition coefficient (Wildman–Crippen LogP) is 4.21. The summed E-state index contributed by atoms with van der Waals surface area (Å²) >= 11 is 0. The second kappa shape index (κ2) is 9.61. The van der Waals surface area contributed by atoms with Gasteiger partial charge in [-0.25, -0.2) is 0 Å². The first kappa shape index (κ1) is 23.0. The molecule has 2 aromatic rings. The average molecular weight is 412 g/mol. The van der Waals surface area contributed by atoms with Crippen LogP contribution in [0, 0.1) is 0 Å². The summed E-state index contributed by atoms with van der Waals surface area (Å²) in [5, 5.41) is 21.0. The maximum atomic E-state index is 10.8. The van der Waals surface area contributed by atoms with Crippen molar-refractivity contribution in [1.82, 2.24) is 4.90 Å². The maximum Gasteiger partial charge on any atom is 0.0900 e. The van der Waals surface area contributed by atoms with Crippen molar-refractivity contribution in [2.24, 2.45) is 0 Å². The van der Waals surface area contributed by atoms with Gasteiger partial charge in [0.25, 0.3) is 0 Å². The number of piperidine rings is 1. The van der Waals surface area contributed by atoms with Crippen LogP contribution >= 0.6 is 0 Å². The second-order valence-corrected chi connectivity index (χ2v) is 9.86. The van der Waals surface area contributed by atoms with Crippen LogP contribution in [0.2, 0.25) is 0 Å². The zero-order valence-corrected chi connectivity index (χ0v) is 18.8. The molecule has 1 fully saturated rings. The number of nitrogens with zero attached hydrogens (tertiary/aromatic N) is 1. The topological polar surface area (TPSA) is 52.9 Å². The molecule has 0 radical (unpaired) electrons. The minimum atomic E-state index is -0.578. The number of likely N-dealkylation sites (tertiary alicyclic amines) is 1. The Morgan fingerprint density at radius 2 is 1.33 bits per heavy atom. The second-order valence-electron chi connectivity index (χ2n) is 9.86. The molecule has 3 rings (SSSR count). The minimum Gasteiger partial charge on any atom is -0.393 e. The molecule has 4 nitrogen and oxygen atoms in total. The van der Waals surface area contributed by atoms with E-state index in [0.29, 0.717) is 32.6 Å². The Morgan fingerprint density at radius 3 is 1.80 bits per heavy atom. The summed E-state index contributed by atoms with van der Waals surface area (Å²) < 4.78 is 6.04. The highest BCUT2D eigenvalue weighted by Crippen LogP contribution is 2.38. The molecule has 2 N–H and O–H groups in total. The van der Waals surface area contributed by atoms with E-state index in [0.717, 1.165) is 0 Å². The molecule has 30 heavy (non-hydrogen) atoms. The number of aliphatic hydroxyl groups excluding tert-OH is 2. The molecule has 2 aromatic carbocycles.